The predicted molar refractivity (Wildman–Crippen MR) is 79.3 cm³/mol. The van der Waals surface area contributed by atoms with Gasteiger partial charge in [-0.3, -0.25) is 4.98 Å². The molecular weight excluding hydrogens is 324 g/mol. The number of pyridine rings is 1. The van der Waals surface area contributed by atoms with Crippen LogP contribution < -0.4 is 4.74 Å². The SMILES string of the molecule is CCC(C#N)(COc1cc(Br)cs1)c1cccnc1. The smallest absolute Gasteiger partial charge is 0.174 e. The summed E-state index contributed by atoms with van der Waals surface area (Å²) >= 11 is 4.90. The average molecular weight is 337 g/mol. The number of hydrogen-bond donors (Lipinski definition) is 0. The lowest BCUT2D eigenvalue weighted by Crippen LogP contribution is -2.31. The molecule has 98 valence electrons. The Bertz CT molecular complexity index is 579. The summed E-state index contributed by atoms with van der Waals surface area (Å²) in [7, 11) is 0. The third-order valence-electron chi connectivity index (χ3n) is 3.04. The highest BCUT2D eigenvalue weighted by molar-refractivity contribution is 9.10. The number of nitriles is 1. The van der Waals surface area contributed by atoms with Gasteiger partial charge in [-0.15, -0.1) is 11.3 Å². The van der Waals surface area contributed by atoms with E-state index < -0.39 is 5.41 Å². The zero-order valence-electron chi connectivity index (χ0n) is 10.5. The van der Waals surface area contributed by atoms with Gasteiger partial charge in [0.15, 0.2) is 5.06 Å². The average Bonchev–Trinajstić information content (AvgIpc) is 2.88. The van der Waals surface area contributed by atoms with Crippen molar-refractivity contribution >= 4 is 27.3 Å². The topological polar surface area (TPSA) is 45.9 Å². The van der Waals surface area contributed by atoms with E-state index >= 15 is 0 Å². The molecule has 0 aromatic carbocycles. The van der Waals surface area contributed by atoms with Crippen LogP contribution in [0.25, 0.3) is 0 Å². The summed E-state index contributed by atoms with van der Waals surface area (Å²) in [5.74, 6) is 0. The van der Waals surface area contributed by atoms with Crippen molar-refractivity contribution < 1.29 is 4.74 Å². The van der Waals surface area contributed by atoms with Crippen molar-refractivity contribution in [3.8, 4) is 11.1 Å². The zero-order chi connectivity index (χ0) is 13.7. The molecule has 0 spiro atoms. The Morgan fingerprint density at radius 2 is 2.42 bits per heavy atom. The molecule has 2 aromatic heterocycles. The largest absolute Gasteiger partial charge is 0.482 e. The second-order valence-corrected chi connectivity index (χ2v) is 5.95. The molecule has 0 saturated heterocycles. The first-order valence-electron chi connectivity index (χ1n) is 5.89. The van der Waals surface area contributed by atoms with E-state index in [1.165, 1.54) is 11.3 Å². The summed E-state index contributed by atoms with van der Waals surface area (Å²) in [6.07, 6.45) is 4.13. The van der Waals surface area contributed by atoms with E-state index in [0.717, 1.165) is 15.1 Å². The number of nitrogens with zero attached hydrogens (tertiary/aromatic N) is 2. The molecule has 2 heterocycles. The highest BCUT2D eigenvalue weighted by atomic mass is 79.9. The van der Waals surface area contributed by atoms with E-state index in [4.69, 9.17) is 4.74 Å². The third-order valence-corrected chi connectivity index (χ3v) is 4.64. The Balaban J connectivity index is 2.19. The molecule has 19 heavy (non-hydrogen) atoms. The molecule has 0 aliphatic heterocycles. The van der Waals surface area contributed by atoms with Crippen LogP contribution in [0.1, 0.15) is 18.9 Å². The van der Waals surface area contributed by atoms with Crippen molar-refractivity contribution in [3.05, 3.63) is 46.0 Å². The minimum absolute atomic E-state index is 0.332. The number of ether oxygens (including phenoxy) is 1. The van der Waals surface area contributed by atoms with E-state index in [9.17, 15) is 5.26 Å². The Kier molecular flexibility index (Phi) is 4.56. The molecule has 0 bridgehead atoms. The molecule has 0 N–H and O–H groups in total. The first kappa shape index (κ1) is 14.0. The maximum atomic E-state index is 9.55. The standard InChI is InChI=1S/C14H13BrN2OS/c1-2-14(9-16,11-4-3-5-17-7-11)10-18-13-6-12(15)8-19-13/h3-8H,2,10H2,1H3. The molecule has 5 heteroatoms. The van der Waals surface area contributed by atoms with Crippen molar-refractivity contribution in [2.24, 2.45) is 0 Å². The molecule has 0 aliphatic rings. The highest BCUT2D eigenvalue weighted by Crippen LogP contribution is 2.31. The fourth-order valence-corrected chi connectivity index (χ4v) is 3.03. The molecule has 2 aromatic rings. The van der Waals surface area contributed by atoms with Gasteiger partial charge in [0, 0.05) is 28.3 Å². The Morgan fingerprint density at radius 1 is 1.58 bits per heavy atom. The number of hydrogen-bond acceptors (Lipinski definition) is 4. The van der Waals surface area contributed by atoms with Crippen LogP contribution in [0.5, 0.6) is 5.06 Å². The summed E-state index contributed by atoms with van der Waals surface area (Å²) in [6.45, 7) is 2.32. The minimum atomic E-state index is -0.648. The van der Waals surface area contributed by atoms with Crippen LogP contribution in [0, 0.1) is 11.3 Å². The van der Waals surface area contributed by atoms with E-state index in [2.05, 4.69) is 27.0 Å². The monoisotopic (exact) mass is 336 g/mol. The Morgan fingerprint density at radius 3 is 2.95 bits per heavy atom. The Hall–Kier alpha value is -1.38. The van der Waals surface area contributed by atoms with Crippen molar-refractivity contribution in [1.82, 2.24) is 4.98 Å². The molecule has 0 radical (unpaired) electrons. The van der Waals surface area contributed by atoms with Gasteiger partial charge in [-0.1, -0.05) is 13.0 Å². The van der Waals surface area contributed by atoms with E-state index in [1.807, 2.05) is 30.5 Å². The van der Waals surface area contributed by atoms with Gasteiger partial charge in [-0.25, -0.2) is 0 Å². The lowest BCUT2D eigenvalue weighted by molar-refractivity contribution is 0.253. The third kappa shape index (κ3) is 3.14. The number of halogens is 1. The summed E-state index contributed by atoms with van der Waals surface area (Å²) in [4.78, 5) is 4.09. The second kappa shape index (κ2) is 6.18. The van der Waals surface area contributed by atoms with E-state index in [1.54, 1.807) is 12.4 Å². The van der Waals surface area contributed by atoms with Gasteiger partial charge in [0.05, 0.1) is 6.07 Å². The van der Waals surface area contributed by atoms with E-state index in [-0.39, 0.29) is 0 Å². The van der Waals surface area contributed by atoms with Crippen LogP contribution in [0.4, 0.5) is 0 Å². The number of aromatic nitrogens is 1. The van der Waals surface area contributed by atoms with Gasteiger partial charge < -0.3 is 4.74 Å². The van der Waals surface area contributed by atoms with Crippen LogP contribution in [0.2, 0.25) is 0 Å². The lowest BCUT2D eigenvalue weighted by Gasteiger charge is -2.24. The van der Waals surface area contributed by atoms with Crippen molar-refractivity contribution in [1.29, 1.82) is 5.26 Å². The zero-order valence-corrected chi connectivity index (χ0v) is 12.9. The number of thiophene rings is 1. The first-order valence-corrected chi connectivity index (χ1v) is 7.56. The molecule has 3 nitrogen and oxygen atoms in total. The van der Waals surface area contributed by atoms with Gasteiger partial charge >= 0.3 is 0 Å². The fraction of sp³-hybridized carbons (Fsp3) is 0.286. The lowest BCUT2D eigenvalue weighted by atomic mass is 9.81. The minimum Gasteiger partial charge on any atom is -0.482 e. The normalized spacial score (nSPS) is 13.5. The highest BCUT2D eigenvalue weighted by Gasteiger charge is 2.32. The second-order valence-electron chi connectivity index (χ2n) is 4.16. The van der Waals surface area contributed by atoms with E-state index in [0.29, 0.717) is 13.0 Å². The molecule has 1 atom stereocenters. The van der Waals surface area contributed by atoms with Gasteiger partial charge in [0.2, 0.25) is 0 Å². The summed E-state index contributed by atoms with van der Waals surface area (Å²) in [5, 5.41) is 12.3. The molecule has 0 fully saturated rings. The van der Waals surface area contributed by atoms with Crippen molar-refractivity contribution in [2.75, 3.05) is 6.61 Å². The molecule has 0 amide bonds. The predicted octanol–water partition coefficient (Wildman–Crippen LogP) is 4.16. The summed E-state index contributed by atoms with van der Waals surface area (Å²) in [5.41, 5.74) is 0.251. The number of rotatable bonds is 5. The van der Waals surface area contributed by atoms with Gasteiger partial charge in [0.25, 0.3) is 0 Å². The maximum Gasteiger partial charge on any atom is 0.174 e. The van der Waals surface area contributed by atoms with Crippen LogP contribution >= 0.6 is 27.3 Å². The molecule has 1 unspecified atom stereocenters. The summed E-state index contributed by atoms with van der Waals surface area (Å²) < 4.78 is 6.76. The molecule has 2 rings (SSSR count). The molecule has 0 aliphatic carbocycles. The fourth-order valence-electron chi connectivity index (χ4n) is 1.78. The molecular formula is C14H13BrN2OS. The van der Waals surface area contributed by atoms with Gasteiger partial charge in [-0.2, -0.15) is 5.26 Å². The van der Waals surface area contributed by atoms with Crippen LogP contribution in [0.3, 0.4) is 0 Å². The maximum absolute atomic E-state index is 9.55. The van der Waals surface area contributed by atoms with Crippen molar-refractivity contribution in [2.45, 2.75) is 18.8 Å². The first-order chi connectivity index (χ1) is 9.20. The van der Waals surface area contributed by atoms with Crippen LogP contribution in [-0.2, 0) is 5.41 Å². The van der Waals surface area contributed by atoms with Gasteiger partial charge in [-0.05, 0) is 34.0 Å². The van der Waals surface area contributed by atoms with Crippen LogP contribution in [-0.4, -0.2) is 11.6 Å². The van der Waals surface area contributed by atoms with Crippen molar-refractivity contribution in [3.63, 3.8) is 0 Å². The Labute approximate surface area is 125 Å². The van der Waals surface area contributed by atoms with Crippen LogP contribution in [0.15, 0.2) is 40.4 Å². The quantitative estimate of drug-likeness (QED) is 0.823. The molecule has 0 saturated carbocycles. The summed E-state index contributed by atoms with van der Waals surface area (Å²) in [6, 6.07) is 8.07. The van der Waals surface area contributed by atoms with Gasteiger partial charge in [0.1, 0.15) is 12.0 Å².